The molecule has 0 unspecified atom stereocenters. The quantitative estimate of drug-likeness (QED) is 0.528. The van der Waals surface area contributed by atoms with E-state index < -0.39 is 46.4 Å². The van der Waals surface area contributed by atoms with Gasteiger partial charge in [-0.2, -0.15) is 43.8 Å². The molecule has 2 saturated heterocycles. The fourth-order valence-corrected chi connectivity index (χ4v) is 8.52. The van der Waals surface area contributed by atoms with Crippen LogP contribution in [0.3, 0.4) is 0 Å². The van der Waals surface area contributed by atoms with Crippen molar-refractivity contribution < 1.29 is 39.2 Å². The summed E-state index contributed by atoms with van der Waals surface area (Å²) in [6.07, 6.45) is -5.27. The van der Waals surface area contributed by atoms with Gasteiger partial charge in [-0.25, -0.2) is 4.39 Å². The highest BCUT2D eigenvalue weighted by molar-refractivity contribution is 7.87. The number of fused-ring (bicyclic) bond motifs is 1. The first-order chi connectivity index (χ1) is 17.6. The highest BCUT2D eigenvalue weighted by Gasteiger charge is 2.60. The molecule has 1 aromatic rings. The van der Waals surface area contributed by atoms with Gasteiger partial charge >= 0.3 is 12.4 Å². The van der Waals surface area contributed by atoms with Crippen LogP contribution in [0.2, 0.25) is 0 Å². The number of benzene rings is 1. The molecule has 5 nitrogen and oxygen atoms in total. The van der Waals surface area contributed by atoms with Crippen molar-refractivity contribution in [3.63, 3.8) is 0 Å². The second-order valence-electron chi connectivity index (χ2n) is 11.1. The Kier molecular flexibility index (Phi) is 7.14. The molecular weight excluding hydrogens is 539 g/mol. The molecule has 1 saturated carbocycles. The standard InChI is InChI=1S/C25H30F7N3O2S/c26-22(13-34-7-5-19(6-8-34)25(30,31)32)10-16-1-2-17-11-20-3-4-21(12-18(17)9-16)23(20)14-35(15-24(27,28)29)38(36,37)33-23/h1-2,9-10,19-21,33H,3-8,11-15H2/b22-10-/t20-,21+,23-/m1/s1. The summed E-state index contributed by atoms with van der Waals surface area (Å²) in [5.41, 5.74) is 1.49. The maximum Gasteiger partial charge on any atom is 0.402 e. The van der Waals surface area contributed by atoms with Crippen LogP contribution in [-0.4, -0.2) is 68.2 Å². The second kappa shape index (κ2) is 9.74. The smallest absolute Gasteiger partial charge is 0.297 e. The average Bonchev–Trinajstić information content (AvgIpc) is 3.17. The molecule has 1 aromatic carbocycles. The van der Waals surface area contributed by atoms with E-state index >= 15 is 0 Å². The molecule has 2 bridgehead atoms. The van der Waals surface area contributed by atoms with Gasteiger partial charge in [0.25, 0.3) is 10.2 Å². The summed E-state index contributed by atoms with van der Waals surface area (Å²) in [7, 11) is -4.27. The molecule has 1 N–H and O–H groups in total. The molecule has 0 amide bonds. The van der Waals surface area contributed by atoms with Crippen molar-refractivity contribution >= 4 is 16.3 Å². The van der Waals surface area contributed by atoms with Gasteiger partial charge < -0.3 is 0 Å². The SMILES string of the molecule is O=S1(=O)N[C@]2(CN1CC(F)(F)F)[C@@H]1CC[C@H]2Cc2cc(/C=C(\F)CN3CCC(C(F)(F)F)CC3)ccc2C1. The van der Waals surface area contributed by atoms with Crippen LogP contribution in [0.4, 0.5) is 30.7 Å². The van der Waals surface area contributed by atoms with Crippen molar-refractivity contribution in [2.75, 3.05) is 32.7 Å². The van der Waals surface area contributed by atoms with E-state index in [0.29, 0.717) is 35.6 Å². The fraction of sp³-hybridized carbons (Fsp3) is 0.680. The lowest BCUT2D eigenvalue weighted by molar-refractivity contribution is -0.184. The molecule has 0 radical (unpaired) electrons. The van der Waals surface area contributed by atoms with Gasteiger partial charge in [0.2, 0.25) is 0 Å². The summed E-state index contributed by atoms with van der Waals surface area (Å²) < 4.78 is 121. The molecule has 212 valence electrons. The lowest BCUT2D eigenvalue weighted by Gasteiger charge is -2.33. The first kappa shape index (κ1) is 27.9. The predicted molar refractivity (Wildman–Crippen MR) is 127 cm³/mol. The first-order valence-corrected chi connectivity index (χ1v) is 14.2. The van der Waals surface area contributed by atoms with Crippen LogP contribution < -0.4 is 4.72 Å². The molecule has 0 aromatic heterocycles. The van der Waals surface area contributed by atoms with Gasteiger partial charge in [0.15, 0.2) is 0 Å². The summed E-state index contributed by atoms with van der Waals surface area (Å²) in [6.45, 7) is -1.50. The molecule has 3 atom stereocenters. The van der Waals surface area contributed by atoms with Crippen molar-refractivity contribution in [1.29, 1.82) is 0 Å². The molecular formula is C25H30F7N3O2S. The predicted octanol–water partition coefficient (Wildman–Crippen LogP) is 4.85. The Morgan fingerprint density at radius 3 is 2.24 bits per heavy atom. The molecule has 4 aliphatic rings. The van der Waals surface area contributed by atoms with E-state index in [0.717, 1.165) is 11.1 Å². The zero-order valence-corrected chi connectivity index (χ0v) is 21.4. The number of rotatable bonds is 4. The summed E-state index contributed by atoms with van der Waals surface area (Å²) in [5.74, 6) is -2.16. The van der Waals surface area contributed by atoms with Gasteiger partial charge in [0.1, 0.15) is 12.4 Å². The minimum atomic E-state index is -4.65. The van der Waals surface area contributed by atoms with E-state index in [1.165, 1.54) is 6.08 Å². The lowest BCUT2D eigenvalue weighted by atomic mass is 9.79. The van der Waals surface area contributed by atoms with Gasteiger partial charge in [-0.1, -0.05) is 18.2 Å². The van der Waals surface area contributed by atoms with Crippen LogP contribution in [0.15, 0.2) is 24.0 Å². The third-order valence-electron chi connectivity index (χ3n) is 8.68. The Balaban J connectivity index is 1.29. The lowest BCUT2D eigenvalue weighted by Crippen LogP contribution is -2.52. The number of likely N-dealkylation sites (tertiary alicyclic amines) is 1. The molecule has 13 heteroatoms. The van der Waals surface area contributed by atoms with Crippen molar-refractivity contribution in [3.8, 4) is 0 Å². The van der Waals surface area contributed by atoms with E-state index in [4.69, 9.17) is 0 Å². The summed E-state index contributed by atoms with van der Waals surface area (Å²) in [4.78, 5) is 1.67. The fourth-order valence-electron chi connectivity index (χ4n) is 6.81. The normalized spacial score (nSPS) is 31.1. The van der Waals surface area contributed by atoms with Gasteiger partial charge in [0.05, 0.1) is 18.0 Å². The van der Waals surface area contributed by atoms with Crippen molar-refractivity contribution in [3.05, 3.63) is 40.7 Å². The molecule has 2 heterocycles. The zero-order chi connectivity index (χ0) is 27.5. The second-order valence-corrected chi connectivity index (χ2v) is 12.8. The number of piperidine rings is 1. The highest BCUT2D eigenvalue weighted by Crippen LogP contribution is 2.50. The van der Waals surface area contributed by atoms with Crippen LogP contribution in [-0.2, 0) is 23.1 Å². The van der Waals surface area contributed by atoms with Gasteiger partial charge in [-0.05, 0) is 86.2 Å². The number of nitrogens with zero attached hydrogens (tertiary/aromatic N) is 2. The number of halogens is 7. The van der Waals surface area contributed by atoms with E-state index in [1.807, 2.05) is 12.1 Å². The van der Waals surface area contributed by atoms with E-state index in [1.54, 1.807) is 11.0 Å². The van der Waals surface area contributed by atoms with E-state index in [2.05, 4.69) is 4.72 Å². The van der Waals surface area contributed by atoms with E-state index in [-0.39, 0.29) is 50.9 Å². The summed E-state index contributed by atoms with van der Waals surface area (Å²) >= 11 is 0. The van der Waals surface area contributed by atoms with Gasteiger partial charge in [-0.3, -0.25) is 4.90 Å². The number of hydrogen-bond donors (Lipinski definition) is 1. The molecule has 38 heavy (non-hydrogen) atoms. The van der Waals surface area contributed by atoms with Gasteiger partial charge in [-0.15, -0.1) is 0 Å². The molecule has 5 rings (SSSR count). The van der Waals surface area contributed by atoms with Crippen molar-refractivity contribution in [1.82, 2.24) is 13.9 Å². The minimum Gasteiger partial charge on any atom is -0.297 e. The number of hydrogen-bond acceptors (Lipinski definition) is 3. The molecule has 2 aliphatic carbocycles. The third kappa shape index (κ3) is 5.62. The largest absolute Gasteiger partial charge is 0.402 e. The Hall–Kier alpha value is -1.70. The van der Waals surface area contributed by atoms with Crippen LogP contribution in [0.1, 0.15) is 42.4 Å². The zero-order valence-electron chi connectivity index (χ0n) is 20.6. The Morgan fingerprint density at radius 2 is 1.63 bits per heavy atom. The van der Waals surface area contributed by atoms with Gasteiger partial charge in [0, 0.05) is 6.54 Å². The number of alkyl halides is 6. The van der Waals surface area contributed by atoms with Crippen LogP contribution in [0.25, 0.3) is 6.08 Å². The monoisotopic (exact) mass is 569 g/mol. The first-order valence-electron chi connectivity index (χ1n) is 12.8. The van der Waals surface area contributed by atoms with Crippen molar-refractivity contribution in [2.45, 2.75) is 56.4 Å². The Bertz CT molecular complexity index is 1190. The summed E-state index contributed by atoms with van der Waals surface area (Å²) in [5, 5.41) is 0. The average molecular weight is 570 g/mol. The molecule has 3 fully saturated rings. The topological polar surface area (TPSA) is 52.7 Å². The third-order valence-corrected chi connectivity index (χ3v) is 10.3. The Labute approximate surface area is 217 Å². The minimum absolute atomic E-state index is 0.0515. The summed E-state index contributed by atoms with van der Waals surface area (Å²) in [6, 6.07) is 5.43. The van der Waals surface area contributed by atoms with Crippen LogP contribution in [0, 0.1) is 17.8 Å². The highest BCUT2D eigenvalue weighted by atomic mass is 32.2. The van der Waals surface area contributed by atoms with Crippen LogP contribution in [0.5, 0.6) is 0 Å². The maximum atomic E-state index is 14.8. The van der Waals surface area contributed by atoms with Crippen molar-refractivity contribution in [2.24, 2.45) is 17.8 Å². The Morgan fingerprint density at radius 1 is 1.00 bits per heavy atom. The van der Waals surface area contributed by atoms with E-state index in [9.17, 15) is 39.2 Å². The molecule has 2 aliphatic heterocycles. The van der Waals surface area contributed by atoms with Crippen LogP contribution >= 0.6 is 0 Å². The maximum absolute atomic E-state index is 14.8. The molecule has 1 spiro atoms. The number of nitrogens with one attached hydrogen (secondary N) is 1.